The minimum absolute atomic E-state index is 0.142. The zero-order valence-electron chi connectivity index (χ0n) is 24.3. The monoisotopic (exact) mass is 556 g/mol. The lowest BCUT2D eigenvalue weighted by atomic mass is 9.83. The van der Waals surface area contributed by atoms with E-state index in [4.69, 9.17) is 9.26 Å². The van der Waals surface area contributed by atoms with E-state index >= 15 is 0 Å². The topological polar surface area (TPSA) is 96.1 Å². The molecule has 2 aliphatic heterocycles. The van der Waals surface area contributed by atoms with Gasteiger partial charge in [0.25, 0.3) is 0 Å². The lowest BCUT2D eigenvalue weighted by molar-refractivity contribution is 0.181. The normalized spacial score (nSPS) is 19.7. The molecule has 216 valence electrons. The molecule has 2 aromatic carbocycles. The molecule has 1 saturated carbocycles. The fraction of sp³-hybridized carbons (Fsp3) is 0.500. The van der Waals surface area contributed by atoms with Gasteiger partial charge in [0.1, 0.15) is 17.1 Å². The molecule has 0 unspecified atom stereocenters. The quantitative estimate of drug-likeness (QED) is 0.374. The molecule has 2 fully saturated rings. The number of amidine groups is 1. The molecule has 3 heterocycles. The smallest absolute Gasteiger partial charge is 0.350 e. The fourth-order valence-corrected chi connectivity index (χ4v) is 6.49. The standard InChI is InChI=1S/C32H40N6O3/c1-22(2)40-28-14-7-9-24(19-28)21-37-17-15-32(16-18-37)30(34-26-11-5-4-6-12-26)35-31(39)38(32)27-13-8-10-25(20-27)29-33-23(3)41-36-29/h7-10,13-14,19-20,22,26H,4-6,11-12,15-18,21H2,1-3H3,(H,34,35,39). The molecule has 1 aliphatic carbocycles. The first-order valence-electron chi connectivity index (χ1n) is 15.0. The van der Waals surface area contributed by atoms with Crippen LogP contribution in [0.15, 0.2) is 58.0 Å². The summed E-state index contributed by atoms with van der Waals surface area (Å²) in [6.45, 7) is 8.42. The van der Waals surface area contributed by atoms with E-state index in [1.165, 1.54) is 24.8 Å². The van der Waals surface area contributed by atoms with Gasteiger partial charge in [-0.1, -0.05) is 48.7 Å². The van der Waals surface area contributed by atoms with Crippen molar-refractivity contribution in [2.45, 2.75) is 89.9 Å². The van der Waals surface area contributed by atoms with Crippen LogP contribution in [0.4, 0.5) is 10.5 Å². The third-order valence-corrected chi connectivity index (χ3v) is 8.46. The van der Waals surface area contributed by atoms with Crippen LogP contribution < -0.4 is 15.0 Å². The third kappa shape index (κ3) is 5.86. The van der Waals surface area contributed by atoms with Gasteiger partial charge in [-0.25, -0.2) is 4.79 Å². The molecule has 1 spiro atoms. The molecule has 1 aromatic heterocycles. The summed E-state index contributed by atoms with van der Waals surface area (Å²) in [4.78, 5) is 27.1. The fourth-order valence-electron chi connectivity index (χ4n) is 6.49. The van der Waals surface area contributed by atoms with Crippen molar-refractivity contribution in [1.29, 1.82) is 0 Å². The van der Waals surface area contributed by atoms with Gasteiger partial charge in [0, 0.05) is 43.9 Å². The van der Waals surface area contributed by atoms with E-state index < -0.39 is 5.54 Å². The molecule has 6 rings (SSSR count). The zero-order valence-corrected chi connectivity index (χ0v) is 24.3. The first-order valence-corrected chi connectivity index (χ1v) is 15.0. The maximum absolute atomic E-state index is 13.7. The van der Waals surface area contributed by atoms with Gasteiger partial charge in [-0.05, 0) is 69.4 Å². The second-order valence-electron chi connectivity index (χ2n) is 11.9. The number of nitrogens with one attached hydrogen (secondary N) is 1. The average molecular weight is 557 g/mol. The number of nitrogens with zero attached hydrogens (tertiary/aromatic N) is 5. The van der Waals surface area contributed by atoms with Crippen LogP contribution in [0.25, 0.3) is 11.4 Å². The number of anilines is 1. The van der Waals surface area contributed by atoms with Crippen LogP contribution >= 0.6 is 0 Å². The van der Waals surface area contributed by atoms with Crippen LogP contribution in [0, 0.1) is 6.92 Å². The molecule has 0 radical (unpaired) electrons. The number of carbonyl (C=O) groups is 1. The number of carbonyl (C=O) groups excluding carboxylic acids is 1. The Bertz CT molecular complexity index is 1400. The second kappa shape index (κ2) is 11.6. The summed E-state index contributed by atoms with van der Waals surface area (Å²) in [5.41, 5.74) is 2.35. The van der Waals surface area contributed by atoms with Gasteiger partial charge in [-0.2, -0.15) is 9.98 Å². The molecule has 9 heteroatoms. The number of amides is 2. The Morgan fingerprint density at radius 3 is 2.59 bits per heavy atom. The lowest BCUT2D eigenvalue weighted by Crippen LogP contribution is -2.62. The van der Waals surface area contributed by atoms with E-state index in [2.05, 4.69) is 43.5 Å². The van der Waals surface area contributed by atoms with E-state index in [1.54, 1.807) is 6.92 Å². The highest BCUT2D eigenvalue weighted by atomic mass is 16.5. The van der Waals surface area contributed by atoms with Gasteiger partial charge < -0.3 is 14.6 Å². The lowest BCUT2D eigenvalue weighted by Gasteiger charge is -2.46. The van der Waals surface area contributed by atoms with E-state index in [-0.39, 0.29) is 12.1 Å². The highest BCUT2D eigenvalue weighted by Crippen LogP contribution is 2.40. The van der Waals surface area contributed by atoms with Crippen LogP contribution in [0.3, 0.4) is 0 Å². The number of ether oxygens (including phenoxy) is 1. The molecule has 2 amide bonds. The first-order chi connectivity index (χ1) is 19.9. The largest absolute Gasteiger partial charge is 0.491 e. The molecular formula is C32H40N6O3. The number of benzene rings is 2. The van der Waals surface area contributed by atoms with Crippen molar-refractivity contribution in [3.05, 3.63) is 60.0 Å². The van der Waals surface area contributed by atoms with Crippen molar-refractivity contribution in [2.24, 2.45) is 4.99 Å². The maximum atomic E-state index is 13.7. The van der Waals surface area contributed by atoms with Crippen molar-refractivity contribution >= 4 is 17.6 Å². The van der Waals surface area contributed by atoms with Crippen LogP contribution in [-0.4, -0.2) is 57.7 Å². The van der Waals surface area contributed by atoms with Crippen molar-refractivity contribution in [3.8, 4) is 17.1 Å². The van der Waals surface area contributed by atoms with E-state index in [0.29, 0.717) is 17.8 Å². The zero-order chi connectivity index (χ0) is 28.4. The van der Waals surface area contributed by atoms with Crippen molar-refractivity contribution in [2.75, 3.05) is 18.0 Å². The second-order valence-corrected chi connectivity index (χ2v) is 11.9. The Kier molecular flexibility index (Phi) is 7.79. The molecule has 3 aliphatic rings. The number of likely N-dealkylation sites (tertiary alicyclic amines) is 1. The summed E-state index contributed by atoms with van der Waals surface area (Å²) in [6, 6.07) is 16.4. The summed E-state index contributed by atoms with van der Waals surface area (Å²) in [5, 5.41) is 7.86. The van der Waals surface area contributed by atoms with Crippen molar-refractivity contribution in [3.63, 3.8) is 0 Å². The number of urea groups is 1. The van der Waals surface area contributed by atoms with E-state index in [9.17, 15) is 4.79 Å². The summed E-state index contributed by atoms with van der Waals surface area (Å²) in [5.74, 6) is 2.77. The summed E-state index contributed by atoms with van der Waals surface area (Å²) >= 11 is 0. The Morgan fingerprint density at radius 1 is 1.07 bits per heavy atom. The SMILES string of the molecule is Cc1nc(-c2cccc(N3C(=O)N=C(NC4CCCCC4)C34CCN(Cc3cccc(OC(C)C)c3)CC4)c2)no1. The van der Waals surface area contributed by atoms with Crippen molar-refractivity contribution < 1.29 is 14.1 Å². The molecule has 41 heavy (non-hydrogen) atoms. The highest BCUT2D eigenvalue weighted by molar-refractivity contribution is 6.16. The van der Waals surface area contributed by atoms with E-state index in [0.717, 1.165) is 68.2 Å². The number of piperidine rings is 1. The number of aromatic nitrogens is 2. The van der Waals surface area contributed by atoms with Crippen LogP contribution in [0.1, 0.15) is 70.2 Å². The van der Waals surface area contributed by atoms with Gasteiger partial charge >= 0.3 is 6.03 Å². The highest BCUT2D eigenvalue weighted by Gasteiger charge is 2.52. The summed E-state index contributed by atoms with van der Waals surface area (Å²) in [6.07, 6.45) is 7.69. The van der Waals surface area contributed by atoms with Crippen LogP contribution in [-0.2, 0) is 6.54 Å². The molecule has 1 saturated heterocycles. The molecule has 0 atom stereocenters. The third-order valence-electron chi connectivity index (χ3n) is 8.46. The Labute approximate surface area is 242 Å². The van der Waals surface area contributed by atoms with Gasteiger partial charge in [-0.3, -0.25) is 9.80 Å². The predicted molar refractivity (Wildman–Crippen MR) is 159 cm³/mol. The van der Waals surface area contributed by atoms with Crippen LogP contribution in [0.5, 0.6) is 5.75 Å². The minimum Gasteiger partial charge on any atom is -0.491 e. The number of aryl methyl sites for hydroxylation is 1. The van der Waals surface area contributed by atoms with Gasteiger partial charge in [-0.15, -0.1) is 0 Å². The number of hydrogen-bond donors (Lipinski definition) is 1. The molecular weight excluding hydrogens is 516 g/mol. The Balaban J connectivity index is 1.26. The van der Waals surface area contributed by atoms with Crippen molar-refractivity contribution in [1.82, 2.24) is 20.4 Å². The Hall–Kier alpha value is -3.72. The Morgan fingerprint density at radius 2 is 1.85 bits per heavy atom. The first kappa shape index (κ1) is 27.4. The molecule has 0 bridgehead atoms. The molecule has 9 nitrogen and oxygen atoms in total. The maximum Gasteiger partial charge on any atom is 0.350 e. The number of aliphatic imine (C=N–C) groups is 1. The average Bonchev–Trinajstić information content (AvgIpc) is 3.51. The molecule has 1 N–H and O–H groups in total. The van der Waals surface area contributed by atoms with Gasteiger partial charge in [0.05, 0.1) is 6.10 Å². The predicted octanol–water partition coefficient (Wildman–Crippen LogP) is 6.13. The van der Waals surface area contributed by atoms with E-state index in [1.807, 2.05) is 49.1 Å². The van der Waals surface area contributed by atoms with Gasteiger partial charge in [0.2, 0.25) is 11.7 Å². The summed E-state index contributed by atoms with van der Waals surface area (Å²) < 4.78 is 11.1. The van der Waals surface area contributed by atoms with Gasteiger partial charge in [0.15, 0.2) is 0 Å². The molecule has 3 aromatic rings. The summed E-state index contributed by atoms with van der Waals surface area (Å²) in [7, 11) is 0. The number of hydrogen-bond acceptors (Lipinski definition) is 7. The minimum atomic E-state index is -0.514. The number of rotatable bonds is 7. The van der Waals surface area contributed by atoms with Crippen LogP contribution in [0.2, 0.25) is 0 Å².